The van der Waals surface area contributed by atoms with Gasteiger partial charge in [-0.15, -0.1) is 0 Å². The Morgan fingerprint density at radius 1 is 1.56 bits per heavy atom. The molecule has 0 radical (unpaired) electrons. The molecule has 7 heteroatoms. The van der Waals surface area contributed by atoms with Crippen LogP contribution in [0.3, 0.4) is 0 Å². The van der Waals surface area contributed by atoms with Gasteiger partial charge in [0.15, 0.2) is 9.84 Å². The number of aromatic nitrogens is 1. The van der Waals surface area contributed by atoms with Gasteiger partial charge in [0.2, 0.25) is 5.91 Å². The van der Waals surface area contributed by atoms with E-state index in [9.17, 15) is 13.2 Å². The number of hydrogen-bond acceptors (Lipinski definition) is 5. The number of sulfone groups is 1. The zero-order valence-corrected chi connectivity index (χ0v) is 11.2. The van der Waals surface area contributed by atoms with Crippen molar-refractivity contribution in [1.29, 1.82) is 0 Å². The highest BCUT2D eigenvalue weighted by Gasteiger charge is 2.22. The highest BCUT2D eigenvalue weighted by molar-refractivity contribution is 7.92. The van der Waals surface area contributed by atoms with Gasteiger partial charge in [0, 0.05) is 12.2 Å². The van der Waals surface area contributed by atoms with E-state index in [4.69, 9.17) is 5.73 Å². The van der Waals surface area contributed by atoms with Crippen molar-refractivity contribution < 1.29 is 13.2 Å². The van der Waals surface area contributed by atoms with Gasteiger partial charge in [-0.1, -0.05) is 6.92 Å². The first-order valence-corrected chi connectivity index (χ1v) is 7.23. The van der Waals surface area contributed by atoms with E-state index in [1.807, 2.05) is 13.8 Å². The Labute approximate surface area is 107 Å². The van der Waals surface area contributed by atoms with Gasteiger partial charge in [-0.05, 0) is 19.4 Å². The van der Waals surface area contributed by atoms with Crippen molar-refractivity contribution in [2.75, 3.05) is 11.5 Å². The van der Waals surface area contributed by atoms with Crippen molar-refractivity contribution in [2.24, 2.45) is 0 Å². The van der Waals surface area contributed by atoms with Gasteiger partial charge < -0.3 is 11.1 Å². The molecule has 1 amide bonds. The smallest absolute Gasteiger partial charge is 0.235 e. The summed E-state index contributed by atoms with van der Waals surface area (Å²) in [5, 5.41) is 2.60. The molecule has 0 saturated carbocycles. The van der Waals surface area contributed by atoms with E-state index in [0.29, 0.717) is 0 Å². The molecule has 0 aliphatic rings. The molecule has 100 valence electrons. The number of hydrogen-bond donors (Lipinski definition) is 2. The molecule has 0 bridgehead atoms. The molecule has 6 nitrogen and oxygen atoms in total. The second kappa shape index (κ2) is 5.81. The normalized spacial score (nSPS) is 13.0. The average molecular weight is 271 g/mol. The fraction of sp³-hybridized carbons (Fsp3) is 0.455. The number of anilines is 1. The molecular weight excluding hydrogens is 254 g/mol. The van der Waals surface area contributed by atoms with E-state index < -0.39 is 21.5 Å². The monoisotopic (exact) mass is 271 g/mol. The Hall–Kier alpha value is -1.63. The van der Waals surface area contributed by atoms with Crippen molar-refractivity contribution >= 4 is 21.4 Å². The molecule has 1 aromatic rings. The van der Waals surface area contributed by atoms with Gasteiger partial charge in [0.05, 0.1) is 16.8 Å². The summed E-state index contributed by atoms with van der Waals surface area (Å²) in [5.74, 6) is -1.13. The molecular formula is C11H17N3O3S. The van der Waals surface area contributed by atoms with Crippen LogP contribution in [0.5, 0.6) is 0 Å². The number of carbonyl (C=O) groups is 1. The number of pyridine rings is 1. The predicted molar refractivity (Wildman–Crippen MR) is 68.6 cm³/mol. The van der Waals surface area contributed by atoms with Crippen molar-refractivity contribution in [1.82, 2.24) is 10.3 Å². The topological polar surface area (TPSA) is 102 Å². The Bertz CT molecular complexity index is 528. The lowest BCUT2D eigenvalue weighted by atomic mass is 10.3. The minimum absolute atomic E-state index is 0.0499. The molecule has 0 aliphatic heterocycles. The molecule has 1 rings (SSSR count). The van der Waals surface area contributed by atoms with Crippen LogP contribution in [0.15, 0.2) is 23.4 Å². The summed E-state index contributed by atoms with van der Waals surface area (Å²) in [6.07, 6.45) is 3.32. The third-order valence-corrected chi connectivity index (χ3v) is 4.17. The average Bonchev–Trinajstić information content (AvgIpc) is 2.28. The summed E-state index contributed by atoms with van der Waals surface area (Å²) in [4.78, 5) is 15.2. The summed E-state index contributed by atoms with van der Waals surface area (Å²) in [6.45, 7) is 3.71. The number of nitrogens with zero attached hydrogens (tertiary/aromatic N) is 1. The summed E-state index contributed by atoms with van der Waals surface area (Å²) in [5.41, 5.74) is 5.59. The van der Waals surface area contributed by atoms with Gasteiger partial charge >= 0.3 is 0 Å². The van der Waals surface area contributed by atoms with Crippen molar-refractivity contribution in [2.45, 2.75) is 31.2 Å². The maximum Gasteiger partial charge on any atom is 0.235 e. The summed E-state index contributed by atoms with van der Waals surface area (Å²) < 4.78 is 23.9. The number of nitrogens with one attached hydrogen (secondary N) is 1. The molecule has 1 atom stereocenters. The summed E-state index contributed by atoms with van der Waals surface area (Å²) >= 11 is 0. The molecule has 0 saturated heterocycles. The lowest BCUT2D eigenvalue weighted by molar-refractivity contribution is -0.119. The molecule has 0 fully saturated rings. The van der Waals surface area contributed by atoms with Crippen molar-refractivity contribution in [3.8, 4) is 0 Å². The summed E-state index contributed by atoms with van der Waals surface area (Å²) in [7, 11) is -3.72. The Kier molecular flexibility index (Phi) is 4.66. The molecule has 18 heavy (non-hydrogen) atoms. The second-order valence-corrected chi connectivity index (χ2v) is 6.01. The van der Waals surface area contributed by atoms with Crippen LogP contribution in [0, 0.1) is 0 Å². The van der Waals surface area contributed by atoms with Crippen LogP contribution in [0.4, 0.5) is 5.69 Å². The summed E-state index contributed by atoms with van der Waals surface area (Å²) in [6, 6.07) is 1.24. The van der Waals surface area contributed by atoms with Gasteiger partial charge in [-0.2, -0.15) is 0 Å². The molecule has 0 spiro atoms. The lowest BCUT2D eigenvalue weighted by Gasteiger charge is -2.12. The maximum atomic E-state index is 12.0. The number of nitrogen functional groups attached to an aromatic ring is 1. The van der Waals surface area contributed by atoms with Crippen LogP contribution in [-0.4, -0.2) is 31.1 Å². The van der Waals surface area contributed by atoms with Crippen molar-refractivity contribution in [3.05, 3.63) is 18.5 Å². The second-order valence-electron chi connectivity index (χ2n) is 4.05. The third-order valence-electron chi connectivity index (χ3n) is 2.49. The standard InChI is InChI=1S/C11H17N3O3S/c1-3-8(2)14-11(15)7-18(16,17)10-4-5-13-6-9(10)12/h4-6,8H,3,7,12H2,1-2H3,(H,14,15). The van der Waals surface area contributed by atoms with Gasteiger partial charge in [0.25, 0.3) is 0 Å². The van der Waals surface area contributed by atoms with Crippen LogP contribution in [0.25, 0.3) is 0 Å². The van der Waals surface area contributed by atoms with Crippen LogP contribution in [0.2, 0.25) is 0 Å². The first-order chi connectivity index (χ1) is 8.36. The zero-order chi connectivity index (χ0) is 13.8. The Balaban J connectivity index is 2.84. The van der Waals surface area contributed by atoms with E-state index in [1.54, 1.807) is 0 Å². The highest BCUT2D eigenvalue weighted by atomic mass is 32.2. The number of rotatable bonds is 5. The molecule has 0 aromatic carbocycles. The van der Waals surface area contributed by atoms with Crippen LogP contribution in [-0.2, 0) is 14.6 Å². The molecule has 1 unspecified atom stereocenters. The fourth-order valence-electron chi connectivity index (χ4n) is 1.35. The minimum atomic E-state index is -3.72. The SMILES string of the molecule is CCC(C)NC(=O)CS(=O)(=O)c1ccncc1N. The molecule has 3 N–H and O–H groups in total. The lowest BCUT2D eigenvalue weighted by Crippen LogP contribution is -2.36. The van der Waals surface area contributed by atoms with Crippen LogP contribution < -0.4 is 11.1 Å². The largest absolute Gasteiger partial charge is 0.396 e. The van der Waals surface area contributed by atoms with Crippen LogP contribution >= 0.6 is 0 Å². The van der Waals surface area contributed by atoms with Crippen LogP contribution in [0.1, 0.15) is 20.3 Å². The predicted octanol–water partition coefficient (Wildman–Crippen LogP) is 0.352. The first kappa shape index (κ1) is 14.4. The van der Waals surface area contributed by atoms with Gasteiger partial charge in [-0.3, -0.25) is 9.78 Å². The minimum Gasteiger partial charge on any atom is -0.396 e. The van der Waals surface area contributed by atoms with Gasteiger partial charge in [-0.25, -0.2) is 8.42 Å². The Morgan fingerprint density at radius 3 is 2.78 bits per heavy atom. The molecule has 1 heterocycles. The quantitative estimate of drug-likeness (QED) is 0.804. The third kappa shape index (κ3) is 3.69. The Morgan fingerprint density at radius 2 is 2.22 bits per heavy atom. The highest BCUT2D eigenvalue weighted by Crippen LogP contribution is 2.17. The molecule has 0 aliphatic carbocycles. The fourth-order valence-corrected chi connectivity index (χ4v) is 2.61. The maximum absolute atomic E-state index is 12.0. The van der Waals surface area contributed by atoms with Gasteiger partial charge in [0.1, 0.15) is 5.75 Å². The zero-order valence-electron chi connectivity index (χ0n) is 10.4. The van der Waals surface area contributed by atoms with E-state index >= 15 is 0 Å². The van der Waals surface area contributed by atoms with E-state index in [2.05, 4.69) is 10.3 Å². The number of carbonyl (C=O) groups excluding carboxylic acids is 1. The van der Waals surface area contributed by atoms with E-state index in [0.717, 1.165) is 6.42 Å². The van der Waals surface area contributed by atoms with E-state index in [1.165, 1.54) is 18.5 Å². The van der Waals surface area contributed by atoms with E-state index in [-0.39, 0.29) is 16.6 Å². The molecule has 1 aromatic heterocycles. The van der Waals surface area contributed by atoms with Crippen molar-refractivity contribution in [3.63, 3.8) is 0 Å². The number of nitrogens with two attached hydrogens (primary N) is 1. The first-order valence-electron chi connectivity index (χ1n) is 5.58. The number of amides is 1.